The lowest BCUT2D eigenvalue weighted by atomic mass is 10.1. The van der Waals surface area contributed by atoms with Crippen molar-refractivity contribution in [3.8, 4) is 5.75 Å². The van der Waals surface area contributed by atoms with Crippen molar-refractivity contribution in [2.45, 2.75) is 6.42 Å². The summed E-state index contributed by atoms with van der Waals surface area (Å²) in [6.45, 7) is 0.912. The Hall–Kier alpha value is -2.34. The number of benzene rings is 2. The third-order valence-electron chi connectivity index (χ3n) is 3.15. The van der Waals surface area contributed by atoms with Crippen molar-refractivity contribution in [3.05, 3.63) is 64.7 Å². The molecular weight excluding hydrogens is 338 g/mol. The first kappa shape index (κ1) is 18.0. The van der Waals surface area contributed by atoms with Crippen LogP contribution in [0.2, 0.25) is 5.02 Å². The molecule has 4 nitrogen and oxygen atoms in total. The van der Waals surface area contributed by atoms with Gasteiger partial charge in [0.15, 0.2) is 0 Å². The second kappa shape index (κ2) is 9.08. The Morgan fingerprint density at radius 3 is 2.38 bits per heavy atom. The van der Waals surface area contributed by atoms with Crippen LogP contribution in [0.25, 0.3) is 0 Å². The van der Waals surface area contributed by atoms with Gasteiger partial charge in [0.25, 0.3) is 0 Å². The molecule has 0 unspecified atom stereocenters. The summed E-state index contributed by atoms with van der Waals surface area (Å²) in [6.07, 6.45) is 0.607. The molecule has 0 bridgehead atoms. The summed E-state index contributed by atoms with van der Waals surface area (Å²) in [5, 5.41) is 5.49. The molecule has 0 spiro atoms. The van der Waals surface area contributed by atoms with Gasteiger partial charge in [0.1, 0.15) is 24.0 Å². The minimum atomic E-state index is -0.439. The second-order valence-electron chi connectivity index (χ2n) is 4.98. The summed E-state index contributed by atoms with van der Waals surface area (Å²) in [5.74, 6) is -0.367. The molecule has 2 N–H and O–H groups in total. The maximum absolute atomic E-state index is 12.9. The molecule has 0 radical (unpaired) electrons. The molecule has 2 amide bonds. The Balaban J connectivity index is 1.60. The smallest absolute Gasteiger partial charge is 0.314 e. The van der Waals surface area contributed by atoms with Crippen molar-refractivity contribution in [2.24, 2.45) is 0 Å². The number of carbonyl (C=O) groups is 1. The molecular formula is C17H17ClF2N2O2. The molecule has 0 heterocycles. The molecule has 7 heteroatoms. The average molecular weight is 355 g/mol. The van der Waals surface area contributed by atoms with E-state index in [-0.39, 0.29) is 30.0 Å². The van der Waals surface area contributed by atoms with Crippen LogP contribution in [-0.4, -0.2) is 25.7 Å². The van der Waals surface area contributed by atoms with Crippen molar-refractivity contribution < 1.29 is 18.3 Å². The summed E-state index contributed by atoms with van der Waals surface area (Å²) in [7, 11) is 0. The van der Waals surface area contributed by atoms with E-state index in [1.807, 2.05) is 0 Å². The van der Waals surface area contributed by atoms with E-state index < -0.39 is 5.82 Å². The van der Waals surface area contributed by atoms with Crippen molar-refractivity contribution in [1.82, 2.24) is 10.6 Å². The van der Waals surface area contributed by atoms with Gasteiger partial charge in [0.05, 0.1) is 11.6 Å². The Kier molecular flexibility index (Phi) is 6.81. The van der Waals surface area contributed by atoms with E-state index in [1.54, 1.807) is 12.1 Å². The van der Waals surface area contributed by atoms with Crippen LogP contribution in [0.4, 0.5) is 13.6 Å². The third kappa shape index (κ3) is 6.04. The van der Waals surface area contributed by atoms with Crippen LogP contribution in [0.5, 0.6) is 5.75 Å². The molecule has 0 aliphatic heterocycles. The van der Waals surface area contributed by atoms with Crippen molar-refractivity contribution >= 4 is 17.6 Å². The summed E-state index contributed by atoms with van der Waals surface area (Å²) in [6, 6.07) is 9.63. The van der Waals surface area contributed by atoms with Gasteiger partial charge >= 0.3 is 6.03 Å². The fourth-order valence-corrected chi connectivity index (χ4v) is 2.17. The number of rotatable bonds is 7. The zero-order valence-corrected chi connectivity index (χ0v) is 13.6. The van der Waals surface area contributed by atoms with Crippen LogP contribution >= 0.6 is 11.6 Å². The highest BCUT2D eigenvalue weighted by Gasteiger charge is 2.04. The van der Waals surface area contributed by atoms with E-state index >= 15 is 0 Å². The highest BCUT2D eigenvalue weighted by atomic mass is 35.5. The molecule has 0 saturated carbocycles. The van der Waals surface area contributed by atoms with Crippen LogP contribution in [0, 0.1) is 11.6 Å². The van der Waals surface area contributed by atoms with Crippen molar-refractivity contribution in [3.63, 3.8) is 0 Å². The maximum atomic E-state index is 12.9. The average Bonchev–Trinajstić information content (AvgIpc) is 2.55. The van der Waals surface area contributed by atoms with Gasteiger partial charge in [-0.3, -0.25) is 0 Å². The van der Waals surface area contributed by atoms with Gasteiger partial charge in [-0.05, 0) is 42.3 Å². The van der Waals surface area contributed by atoms with E-state index in [0.29, 0.717) is 18.7 Å². The van der Waals surface area contributed by atoms with Crippen LogP contribution in [0.1, 0.15) is 5.56 Å². The SMILES string of the molecule is O=C(NCCOc1ccc(F)cc1Cl)NCCc1ccc(F)cc1. The fraction of sp³-hybridized carbons (Fsp3) is 0.235. The lowest BCUT2D eigenvalue weighted by Gasteiger charge is -2.10. The maximum Gasteiger partial charge on any atom is 0.314 e. The third-order valence-corrected chi connectivity index (χ3v) is 3.45. The first-order chi connectivity index (χ1) is 11.5. The normalized spacial score (nSPS) is 10.3. The number of hydrogen-bond donors (Lipinski definition) is 2. The monoisotopic (exact) mass is 354 g/mol. The Bertz CT molecular complexity index is 681. The van der Waals surface area contributed by atoms with Crippen molar-refractivity contribution in [2.75, 3.05) is 19.7 Å². The topological polar surface area (TPSA) is 50.4 Å². The molecule has 0 aliphatic carbocycles. The van der Waals surface area contributed by atoms with Gasteiger partial charge < -0.3 is 15.4 Å². The zero-order valence-electron chi connectivity index (χ0n) is 12.8. The Morgan fingerprint density at radius 2 is 1.67 bits per heavy atom. The summed E-state index contributed by atoms with van der Waals surface area (Å²) in [4.78, 5) is 11.6. The molecule has 0 fully saturated rings. The minimum absolute atomic E-state index is 0.179. The zero-order chi connectivity index (χ0) is 17.4. The van der Waals surface area contributed by atoms with Gasteiger partial charge in [-0.1, -0.05) is 23.7 Å². The van der Waals surface area contributed by atoms with E-state index in [9.17, 15) is 13.6 Å². The van der Waals surface area contributed by atoms with Gasteiger partial charge in [-0.25, -0.2) is 13.6 Å². The number of ether oxygens (including phenoxy) is 1. The number of hydrogen-bond acceptors (Lipinski definition) is 2. The Labute approximate surface area is 143 Å². The van der Waals surface area contributed by atoms with Crippen molar-refractivity contribution in [1.29, 1.82) is 0 Å². The van der Waals surface area contributed by atoms with Gasteiger partial charge in [0.2, 0.25) is 0 Å². The molecule has 2 rings (SSSR count). The minimum Gasteiger partial charge on any atom is -0.490 e. The first-order valence-electron chi connectivity index (χ1n) is 7.38. The summed E-state index contributed by atoms with van der Waals surface area (Å²) >= 11 is 5.82. The van der Waals surface area contributed by atoms with Gasteiger partial charge in [0, 0.05) is 6.54 Å². The van der Waals surface area contributed by atoms with E-state index in [0.717, 1.165) is 11.6 Å². The van der Waals surface area contributed by atoms with E-state index in [1.165, 1.54) is 24.3 Å². The second-order valence-corrected chi connectivity index (χ2v) is 5.39. The van der Waals surface area contributed by atoms with E-state index in [4.69, 9.17) is 16.3 Å². The molecule has 2 aromatic carbocycles. The number of amides is 2. The molecule has 128 valence electrons. The molecule has 0 aliphatic rings. The molecule has 2 aromatic rings. The lowest BCUT2D eigenvalue weighted by Crippen LogP contribution is -2.38. The predicted octanol–water partition coefficient (Wildman–Crippen LogP) is 3.54. The molecule has 0 aromatic heterocycles. The van der Waals surface area contributed by atoms with Crippen LogP contribution in [0.3, 0.4) is 0 Å². The van der Waals surface area contributed by atoms with Gasteiger partial charge in [-0.2, -0.15) is 0 Å². The molecule has 24 heavy (non-hydrogen) atoms. The largest absolute Gasteiger partial charge is 0.490 e. The highest BCUT2D eigenvalue weighted by molar-refractivity contribution is 6.32. The number of carbonyl (C=O) groups excluding carboxylic acids is 1. The van der Waals surface area contributed by atoms with E-state index in [2.05, 4.69) is 10.6 Å². The predicted molar refractivity (Wildman–Crippen MR) is 88.4 cm³/mol. The lowest BCUT2D eigenvalue weighted by molar-refractivity contribution is 0.236. The van der Waals surface area contributed by atoms with Gasteiger partial charge in [-0.15, -0.1) is 0 Å². The number of nitrogens with one attached hydrogen (secondary N) is 2. The first-order valence-corrected chi connectivity index (χ1v) is 7.76. The number of halogens is 3. The highest BCUT2D eigenvalue weighted by Crippen LogP contribution is 2.24. The summed E-state index contributed by atoms with van der Waals surface area (Å²) in [5.41, 5.74) is 0.936. The van der Waals surface area contributed by atoms with Crippen LogP contribution in [0.15, 0.2) is 42.5 Å². The molecule has 0 saturated heterocycles. The quantitative estimate of drug-likeness (QED) is 0.747. The molecule has 0 atom stereocenters. The fourth-order valence-electron chi connectivity index (χ4n) is 1.95. The summed E-state index contributed by atoms with van der Waals surface area (Å²) < 4.78 is 31.0. The van der Waals surface area contributed by atoms with Crippen LogP contribution in [-0.2, 0) is 6.42 Å². The standard InChI is InChI=1S/C17H17ClF2N2O2/c18-15-11-14(20)5-6-16(15)24-10-9-22-17(23)21-8-7-12-1-3-13(19)4-2-12/h1-6,11H,7-10H2,(H2,21,22,23). The Morgan fingerprint density at radius 1 is 1.00 bits per heavy atom. The van der Waals surface area contributed by atoms with Crippen LogP contribution < -0.4 is 15.4 Å². The number of urea groups is 1.